The number of benzene rings is 3. The maximum absolute atomic E-state index is 13.2. The summed E-state index contributed by atoms with van der Waals surface area (Å²) in [5.41, 5.74) is 5.85. The zero-order chi connectivity index (χ0) is 22.7. The standard InChI is InChI=1S/C24H21N5O3/c1-27(2)22-10-6-3-7-17(22)11-16-23-25-21-9-5-4-8-20(21)24(30)28(23)26-18-12-14-19(15-13-18)29(31)32/h3-16,26H,1-2H3/b16-11+. The molecule has 0 amide bonds. The van der Waals surface area contributed by atoms with Gasteiger partial charge in [-0.1, -0.05) is 30.3 Å². The molecule has 0 atom stereocenters. The third-order valence-electron chi connectivity index (χ3n) is 4.95. The Morgan fingerprint density at radius 1 is 0.969 bits per heavy atom. The molecule has 8 heteroatoms. The summed E-state index contributed by atoms with van der Waals surface area (Å²) in [6, 6.07) is 20.9. The summed E-state index contributed by atoms with van der Waals surface area (Å²) >= 11 is 0. The average molecular weight is 427 g/mol. The van der Waals surface area contributed by atoms with E-state index >= 15 is 0 Å². The zero-order valence-electron chi connectivity index (χ0n) is 17.6. The number of nitro benzene ring substituents is 1. The second-order valence-electron chi connectivity index (χ2n) is 7.33. The van der Waals surface area contributed by atoms with Crippen LogP contribution in [-0.2, 0) is 0 Å². The van der Waals surface area contributed by atoms with Gasteiger partial charge in [0.15, 0.2) is 5.82 Å². The Morgan fingerprint density at radius 3 is 2.38 bits per heavy atom. The Hall–Kier alpha value is -4.46. The van der Waals surface area contributed by atoms with Gasteiger partial charge in [-0.3, -0.25) is 20.3 Å². The van der Waals surface area contributed by atoms with Gasteiger partial charge in [-0.2, -0.15) is 0 Å². The molecule has 1 aromatic heterocycles. The summed E-state index contributed by atoms with van der Waals surface area (Å²) in [4.78, 5) is 30.4. The normalized spacial score (nSPS) is 11.1. The van der Waals surface area contributed by atoms with E-state index in [0.717, 1.165) is 11.3 Å². The molecule has 4 rings (SSSR count). The summed E-state index contributed by atoms with van der Waals surface area (Å²) in [6.07, 6.45) is 3.68. The van der Waals surface area contributed by atoms with Gasteiger partial charge >= 0.3 is 0 Å². The molecule has 0 fully saturated rings. The number of anilines is 2. The maximum Gasteiger partial charge on any atom is 0.280 e. The number of hydrogen-bond donors (Lipinski definition) is 1. The van der Waals surface area contributed by atoms with Gasteiger partial charge < -0.3 is 4.90 Å². The van der Waals surface area contributed by atoms with Crippen LogP contribution in [0.25, 0.3) is 23.1 Å². The number of aromatic nitrogens is 2. The first kappa shape index (κ1) is 20.8. The Bertz CT molecular complexity index is 1370. The van der Waals surface area contributed by atoms with Crippen LogP contribution in [0.15, 0.2) is 77.6 Å². The van der Waals surface area contributed by atoms with Crippen LogP contribution in [0.4, 0.5) is 17.1 Å². The van der Waals surface area contributed by atoms with Gasteiger partial charge in [0.25, 0.3) is 11.2 Å². The first-order chi connectivity index (χ1) is 15.4. The molecule has 3 aromatic carbocycles. The molecule has 1 N–H and O–H groups in total. The number of rotatable bonds is 6. The Kier molecular flexibility index (Phi) is 5.67. The van der Waals surface area contributed by atoms with E-state index in [1.54, 1.807) is 36.4 Å². The molecule has 0 saturated heterocycles. The highest BCUT2D eigenvalue weighted by Gasteiger charge is 2.11. The Labute approximate surface area is 184 Å². The lowest BCUT2D eigenvalue weighted by atomic mass is 10.1. The highest BCUT2D eigenvalue weighted by atomic mass is 16.6. The molecule has 0 aliphatic carbocycles. The van der Waals surface area contributed by atoms with E-state index in [2.05, 4.69) is 10.4 Å². The minimum atomic E-state index is -0.468. The number of nitrogens with zero attached hydrogens (tertiary/aromatic N) is 4. The van der Waals surface area contributed by atoms with Crippen molar-refractivity contribution >= 4 is 40.1 Å². The lowest BCUT2D eigenvalue weighted by Gasteiger charge is -2.16. The van der Waals surface area contributed by atoms with Crippen molar-refractivity contribution in [2.24, 2.45) is 0 Å². The lowest BCUT2D eigenvalue weighted by molar-refractivity contribution is -0.384. The highest BCUT2D eigenvalue weighted by Crippen LogP contribution is 2.21. The molecule has 160 valence electrons. The Balaban J connectivity index is 1.81. The monoisotopic (exact) mass is 427 g/mol. The van der Waals surface area contributed by atoms with Crippen molar-refractivity contribution in [3.05, 3.63) is 105 Å². The van der Waals surface area contributed by atoms with Gasteiger partial charge in [-0.15, -0.1) is 0 Å². The molecule has 0 spiro atoms. The van der Waals surface area contributed by atoms with Gasteiger partial charge in [-0.05, 0) is 48.0 Å². The van der Waals surface area contributed by atoms with Crippen LogP contribution in [0.5, 0.6) is 0 Å². The van der Waals surface area contributed by atoms with E-state index in [0.29, 0.717) is 22.4 Å². The van der Waals surface area contributed by atoms with Crippen LogP contribution in [-0.4, -0.2) is 28.7 Å². The van der Waals surface area contributed by atoms with Crippen molar-refractivity contribution < 1.29 is 4.92 Å². The fourth-order valence-electron chi connectivity index (χ4n) is 3.36. The molecule has 1 heterocycles. The van der Waals surface area contributed by atoms with Gasteiger partial charge in [0.05, 0.1) is 21.5 Å². The van der Waals surface area contributed by atoms with Crippen molar-refractivity contribution in [1.82, 2.24) is 9.66 Å². The number of non-ortho nitro benzene ring substituents is 1. The third-order valence-corrected chi connectivity index (χ3v) is 4.95. The maximum atomic E-state index is 13.2. The smallest absolute Gasteiger partial charge is 0.280 e. The van der Waals surface area contributed by atoms with Crippen molar-refractivity contribution in [1.29, 1.82) is 0 Å². The van der Waals surface area contributed by atoms with Crippen molar-refractivity contribution in [2.75, 3.05) is 24.4 Å². The van der Waals surface area contributed by atoms with E-state index in [-0.39, 0.29) is 11.2 Å². The fourth-order valence-corrected chi connectivity index (χ4v) is 3.36. The molecule has 0 radical (unpaired) electrons. The quantitative estimate of drug-likeness (QED) is 0.362. The summed E-state index contributed by atoms with van der Waals surface area (Å²) in [7, 11) is 3.93. The molecule has 8 nitrogen and oxygen atoms in total. The van der Waals surface area contributed by atoms with Crippen LogP contribution < -0.4 is 15.9 Å². The largest absolute Gasteiger partial charge is 0.377 e. The number of hydrogen-bond acceptors (Lipinski definition) is 6. The van der Waals surface area contributed by atoms with Crippen molar-refractivity contribution in [3.63, 3.8) is 0 Å². The van der Waals surface area contributed by atoms with E-state index < -0.39 is 4.92 Å². The average Bonchev–Trinajstić information content (AvgIpc) is 2.80. The van der Waals surface area contributed by atoms with Gasteiger partial charge in [0, 0.05) is 31.9 Å². The highest BCUT2D eigenvalue weighted by molar-refractivity contribution is 5.81. The van der Waals surface area contributed by atoms with Gasteiger partial charge in [0.1, 0.15) is 0 Å². The van der Waals surface area contributed by atoms with Crippen molar-refractivity contribution in [2.45, 2.75) is 0 Å². The number of nitro groups is 1. The molecule has 4 aromatic rings. The molecule has 32 heavy (non-hydrogen) atoms. The van der Waals surface area contributed by atoms with E-state index in [4.69, 9.17) is 0 Å². The van der Waals surface area contributed by atoms with Crippen LogP contribution in [0.1, 0.15) is 11.4 Å². The number of para-hydroxylation sites is 2. The molecular weight excluding hydrogens is 406 g/mol. The van der Waals surface area contributed by atoms with Crippen molar-refractivity contribution in [3.8, 4) is 0 Å². The fraction of sp³-hybridized carbons (Fsp3) is 0.0833. The van der Waals surface area contributed by atoms with E-state index in [1.165, 1.54) is 16.8 Å². The number of nitrogens with one attached hydrogen (secondary N) is 1. The first-order valence-corrected chi connectivity index (χ1v) is 9.92. The second-order valence-corrected chi connectivity index (χ2v) is 7.33. The molecule has 0 aliphatic heterocycles. The second kappa shape index (κ2) is 8.73. The predicted octanol–water partition coefficient (Wildman–Crippen LogP) is 4.42. The first-order valence-electron chi connectivity index (χ1n) is 9.92. The molecular formula is C24H21N5O3. The lowest BCUT2D eigenvalue weighted by Crippen LogP contribution is -2.29. The molecule has 0 bridgehead atoms. The summed E-state index contributed by atoms with van der Waals surface area (Å²) < 4.78 is 1.35. The minimum Gasteiger partial charge on any atom is -0.377 e. The van der Waals surface area contributed by atoms with Crippen LogP contribution >= 0.6 is 0 Å². The molecule has 0 aliphatic rings. The SMILES string of the molecule is CN(C)c1ccccc1/C=C/c1nc2ccccc2c(=O)n1Nc1ccc([N+](=O)[O-])cc1. The van der Waals surface area contributed by atoms with Gasteiger partial charge in [0.2, 0.25) is 0 Å². The summed E-state index contributed by atoms with van der Waals surface area (Å²) in [6.45, 7) is 0. The van der Waals surface area contributed by atoms with E-state index in [9.17, 15) is 14.9 Å². The minimum absolute atomic E-state index is 0.0278. The summed E-state index contributed by atoms with van der Waals surface area (Å²) in [5, 5.41) is 11.4. The number of fused-ring (bicyclic) bond motifs is 1. The topological polar surface area (TPSA) is 93.3 Å². The zero-order valence-corrected chi connectivity index (χ0v) is 17.6. The summed E-state index contributed by atoms with van der Waals surface area (Å²) in [5.74, 6) is 0.403. The predicted molar refractivity (Wildman–Crippen MR) is 128 cm³/mol. The van der Waals surface area contributed by atoms with E-state index in [1.807, 2.05) is 55.4 Å². The van der Waals surface area contributed by atoms with Gasteiger partial charge in [-0.25, -0.2) is 9.66 Å². The third kappa shape index (κ3) is 4.20. The van der Waals surface area contributed by atoms with Crippen LogP contribution in [0, 0.1) is 10.1 Å². The molecule has 0 unspecified atom stereocenters. The van der Waals surface area contributed by atoms with Crippen LogP contribution in [0.2, 0.25) is 0 Å². The Morgan fingerprint density at radius 2 is 1.66 bits per heavy atom. The molecule has 0 saturated carbocycles. The van der Waals surface area contributed by atoms with Crippen LogP contribution in [0.3, 0.4) is 0 Å².